The molecule has 0 bridgehead atoms. The van der Waals surface area contributed by atoms with Crippen molar-refractivity contribution in [3.63, 3.8) is 0 Å². The summed E-state index contributed by atoms with van der Waals surface area (Å²) in [5.41, 5.74) is 0.248. The zero-order valence-corrected chi connectivity index (χ0v) is 9.15. The van der Waals surface area contributed by atoms with Gasteiger partial charge in [-0.15, -0.1) is 0 Å². The first-order valence-corrected chi connectivity index (χ1v) is 5.50. The summed E-state index contributed by atoms with van der Waals surface area (Å²) in [6.07, 6.45) is 0. The summed E-state index contributed by atoms with van der Waals surface area (Å²) >= 11 is 1.36. The minimum Gasteiger partial charge on any atom is -0.321 e. The summed E-state index contributed by atoms with van der Waals surface area (Å²) in [4.78, 5) is 11.6. The molecule has 2 rings (SSSR count). The lowest BCUT2D eigenvalue weighted by Gasteiger charge is -2.04. The lowest BCUT2D eigenvalue weighted by atomic mass is 10.2. The second kappa shape index (κ2) is 4.58. The van der Waals surface area contributed by atoms with Crippen LogP contribution in [0, 0.1) is 17.5 Å². The maximum absolute atomic E-state index is 12.9. The lowest BCUT2D eigenvalue weighted by Crippen LogP contribution is -2.12. The van der Waals surface area contributed by atoms with E-state index in [1.165, 1.54) is 11.3 Å². The molecule has 1 heterocycles. The molecule has 0 atom stereocenters. The molecule has 17 heavy (non-hydrogen) atoms. The number of anilines is 1. The monoisotopic (exact) mass is 257 g/mol. The van der Waals surface area contributed by atoms with Crippen LogP contribution in [0.3, 0.4) is 0 Å². The quantitative estimate of drug-likeness (QED) is 0.820. The second-order valence-corrected chi connectivity index (χ2v) is 4.00. The van der Waals surface area contributed by atoms with Crippen LogP contribution in [0.15, 0.2) is 29.0 Å². The highest BCUT2D eigenvalue weighted by atomic mass is 32.1. The highest BCUT2D eigenvalue weighted by Crippen LogP contribution is 2.16. The maximum atomic E-state index is 12.9. The molecule has 0 aliphatic heterocycles. The molecule has 2 nitrogen and oxygen atoms in total. The predicted molar refractivity (Wildman–Crippen MR) is 58.6 cm³/mol. The van der Waals surface area contributed by atoms with Gasteiger partial charge in [-0.05, 0) is 23.6 Å². The van der Waals surface area contributed by atoms with Gasteiger partial charge in [0, 0.05) is 10.9 Å². The van der Waals surface area contributed by atoms with E-state index < -0.39 is 23.4 Å². The van der Waals surface area contributed by atoms with E-state index in [0.717, 1.165) is 0 Å². The van der Waals surface area contributed by atoms with E-state index in [9.17, 15) is 18.0 Å². The SMILES string of the molecule is O=C(Nc1ccsc1)c1cc(F)c(F)c(F)c1. The lowest BCUT2D eigenvalue weighted by molar-refractivity contribution is 0.102. The molecule has 1 amide bonds. The normalized spacial score (nSPS) is 10.3. The van der Waals surface area contributed by atoms with E-state index in [0.29, 0.717) is 17.8 Å². The Hall–Kier alpha value is -1.82. The van der Waals surface area contributed by atoms with Gasteiger partial charge in [-0.2, -0.15) is 11.3 Å². The molecular weight excluding hydrogens is 251 g/mol. The van der Waals surface area contributed by atoms with Crippen molar-refractivity contribution in [1.82, 2.24) is 0 Å². The Balaban J connectivity index is 2.26. The Morgan fingerprint density at radius 3 is 2.35 bits per heavy atom. The Morgan fingerprint density at radius 1 is 1.18 bits per heavy atom. The van der Waals surface area contributed by atoms with Crippen LogP contribution >= 0.6 is 11.3 Å². The Labute approximate surface area is 98.7 Å². The molecule has 0 aliphatic carbocycles. The van der Waals surface area contributed by atoms with E-state index in [1.54, 1.807) is 16.8 Å². The Kier molecular flexibility index (Phi) is 3.14. The van der Waals surface area contributed by atoms with Crippen LogP contribution in [-0.2, 0) is 0 Å². The van der Waals surface area contributed by atoms with Gasteiger partial charge in [0.25, 0.3) is 5.91 Å². The largest absolute Gasteiger partial charge is 0.321 e. The number of rotatable bonds is 2. The van der Waals surface area contributed by atoms with Crippen molar-refractivity contribution in [3.8, 4) is 0 Å². The van der Waals surface area contributed by atoms with Gasteiger partial charge in [0.1, 0.15) is 0 Å². The van der Waals surface area contributed by atoms with Gasteiger partial charge in [0.2, 0.25) is 0 Å². The van der Waals surface area contributed by atoms with Crippen molar-refractivity contribution in [2.75, 3.05) is 5.32 Å². The molecule has 1 aromatic heterocycles. The van der Waals surface area contributed by atoms with Gasteiger partial charge < -0.3 is 5.32 Å². The first-order valence-electron chi connectivity index (χ1n) is 4.56. The number of thiophene rings is 1. The fourth-order valence-electron chi connectivity index (χ4n) is 1.23. The number of hydrogen-bond donors (Lipinski definition) is 1. The first kappa shape index (κ1) is 11.7. The van der Waals surface area contributed by atoms with Gasteiger partial charge >= 0.3 is 0 Å². The van der Waals surface area contributed by atoms with Crippen LogP contribution in [0.4, 0.5) is 18.9 Å². The van der Waals surface area contributed by atoms with E-state index in [1.807, 2.05) is 0 Å². The average Bonchev–Trinajstić information content (AvgIpc) is 2.77. The third kappa shape index (κ3) is 2.47. The number of nitrogens with one attached hydrogen (secondary N) is 1. The molecule has 1 N–H and O–H groups in total. The summed E-state index contributed by atoms with van der Waals surface area (Å²) < 4.78 is 38.4. The van der Waals surface area contributed by atoms with Crippen molar-refractivity contribution >= 4 is 22.9 Å². The molecule has 0 fully saturated rings. The topological polar surface area (TPSA) is 29.1 Å². The number of amides is 1. The minimum atomic E-state index is -1.59. The standard InChI is InChI=1S/C11H6F3NOS/c12-8-3-6(4-9(13)10(8)14)11(16)15-7-1-2-17-5-7/h1-5H,(H,15,16). The van der Waals surface area contributed by atoms with Crippen LogP contribution in [0.2, 0.25) is 0 Å². The molecule has 2 aromatic rings. The summed E-state index contributed by atoms with van der Waals surface area (Å²) in [6.45, 7) is 0. The molecule has 0 aliphatic rings. The summed E-state index contributed by atoms with van der Waals surface area (Å²) in [6, 6.07) is 2.94. The first-order chi connectivity index (χ1) is 8.08. The third-order valence-electron chi connectivity index (χ3n) is 2.03. The van der Waals surface area contributed by atoms with Crippen LogP contribution in [0.25, 0.3) is 0 Å². The van der Waals surface area contributed by atoms with E-state index in [-0.39, 0.29) is 5.56 Å². The van der Waals surface area contributed by atoms with Crippen molar-refractivity contribution < 1.29 is 18.0 Å². The number of carbonyl (C=O) groups excluding carboxylic acids is 1. The van der Waals surface area contributed by atoms with Gasteiger partial charge in [-0.1, -0.05) is 0 Å². The third-order valence-corrected chi connectivity index (χ3v) is 2.71. The Morgan fingerprint density at radius 2 is 1.82 bits per heavy atom. The van der Waals surface area contributed by atoms with Crippen molar-refractivity contribution in [2.45, 2.75) is 0 Å². The van der Waals surface area contributed by atoms with Crippen LogP contribution in [0.1, 0.15) is 10.4 Å². The van der Waals surface area contributed by atoms with Crippen LogP contribution in [-0.4, -0.2) is 5.91 Å². The molecule has 6 heteroatoms. The second-order valence-electron chi connectivity index (χ2n) is 3.22. The molecular formula is C11H6F3NOS. The molecule has 1 aromatic carbocycles. The molecule has 0 saturated carbocycles. The maximum Gasteiger partial charge on any atom is 0.255 e. The summed E-state index contributed by atoms with van der Waals surface area (Å²) in [5, 5.41) is 5.83. The van der Waals surface area contributed by atoms with Gasteiger partial charge in [-0.25, -0.2) is 13.2 Å². The average molecular weight is 257 g/mol. The highest BCUT2D eigenvalue weighted by molar-refractivity contribution is 7.08. The van der Waals surface area contributed by atoms with E-state index in [4.69, 9.17) is 0 Å². The molecule has 88 valence electrons. The fraction of sp³-hybridized carbons (Fsp3) is 0. The molecule has 0 saturated heterocycles. The van der Waals surface area contributed by atoms with Crippen molar-refractivity contribution in [1.29, 1.82) is 0 Å². The van der Waals surface area contributed by atoms with Crippen molar-refractivity contribution in [2.24, 2.45) is 0 Å². The number of halogens is 3. The summed E-state index contributed by atoms with van der Waals surface area (Å²) in [7, 11) is 0. The van der Waals surface area contributed by atoms with Gasteiger partial charge in [-0.3, -0.25) is 4.79 Å². The number of carbonyl (C=O) groups is 1. The highest BCUT2D eigenvalue weighted by Gasteiger charge is 2.15. The number of benzene rings is 1. The minimum absolute atomic E-state index is 0.271. The van der Waals surface area contributed by atoms with E-state index >= 15 is 0 Å². The van der Waals surface area contributed by atoms with Gasteiger partial charge in [0.05, 0.1) is 5.69 Å². The van der Waals surface area contributed by atoms with Gasteiger partial charge in [0.15, 0.2) is 17.5 Å². The van der Waals surface area contributed by atoms with Crippen LogP contribution < -0.4 is 5.32 Å². The zero-order valence-electron chi connectivity index (χ0n) is 8.34. The van der Waals surface area contributed by atoms with E-state index in [2.05, 4.69) is 5.32 Å². The molecule has 0 unspecified atom stereocenters. The zero-order chi connectivity index (χ0) is 12.4. The van der Waals surface area contributed by atoms with Crippen LogP contribution in [0.5, 0.6) is 0 Å². The molecule has 0 radical (unpaired) electrons. The summed E-state index contributed by atoms with van der Waals surface area (Å²) in [5.74, 6) is -5.06. The number of hydrogen-bond acceptors (Lipinski definition) is 2. The van der Waals surface area contributed by atoms with Crippen molar-refractivity contribution in [3.05, 3.63) is 52.0 Å². The predicted octanol–water partition coefficient (Wildman–Crippen LogP) is 3.42. The molecule has 0 spiro atoms. The Bertz CT molecular complexity index is 531. The smallest absolute Gasteiger partial charge is 0.255 e. The fourth-order valence-corrected chi connectivity index (χ4v) is 1.81.